The summed E-state index contributed by atoms with van der Waals surface area (Å²) in [6.07, 6.45) is 0.568. The summed E-state index contributed by atoms with van der Waals surface area (Å²) in [5.74, 6) is -1.57. The molecule has 1 unspecified atom stereocenters. The van der Waals surface area contributed by atoms with Crippen molar-refractivity contribution in [1.82, 2.24) is 9.88 Å². The van der Waals surface area contributed by atoms with E-state index in [2.05, 4.69) is 4.98 Å². The number of methoxy groups -OCH3 is 1. The van der Waals surface area contributed by atoms with Gasteiger partial charge in [-0.1, -0.05) is 41.9 Å². The number of ketones is 1. The molecule has 1 atom stereocenters. The number of hydrogen-bond donors (Lipinski definition) is 2. The van der Waals surface area contributed by atoms with Gasteiger partial charge in [0.1, 0.15) is 5.76 Å². The monoisotopic (exact) mass is 438 g/mol. The van der Waals surface area contributed by atoms with E-state index in [9.17, 15) is 14.7 Å². The van der Waals surface area contributed by atoms with Gasteiger partial charge in [-0.25, -0.2) is 0 Å². The van der Waals surface area contributed by atoms with Gasteiger partial charge in [0.2, 0.25) is 0 Å². The Morgan fingerprint density at radius 2 is 1.97 bits per heavy atom. The van der Waals surface area contributed by atoms with Crippen LogP contribution < -0.4 is 0 Å². The highest BCUT2D eigenvalue weighted by Gasteiger charge is 2.47. The number of halogens is 1. The van der Waals surface area contributed by atoms with Crippen molar-refractivity contribution >= 4 is 40.0 Å². The fourth-order valence-corrected chi connectivity index (χ4v) is 4.42. The molecule has 1 aliphatic rings. The van der Waals surface area contributed by atoms with Crippen LogP contribution >= 0.6 is 11.6 Å². The van der Waals surface area contributed by atoms with Gasteiger partial charge in [0, 0.05) is 53.0 Å². The van der Waals surface area contributed by atoms with Gasteiger partial charge >= 0.3 is 0 Å². The highest BCUT2D eigenvalue weighted by Crippen LogP contribution is 2.43. The van der Waals surface area contributed by atoms with Crippen molar-refractivity contribution in [2.45, 2.75) is 19.4 Å². The molecule has 0 saturated carbocycles. The molecule has 2 heterocycles. The average molecular weight is 439 g/mol. The number of ether oxygens (including phenoxy) is 1. The van der Waals surface area contributed by atoms with Gasteiger partial charge in [-0.2, -0.15) is 0 Å². The maximum atomic E-state index is 13.1. The second kappa shape index (κ2) is 8.57. The van der Waals surface area contributed by atoms with E-state index < -0.39 is 17.7 Å². The van der Waals surface area contributed by atoms with Crippen molar-refractivity contribution in [1.29, 1.82) is 0 Å². The summed E-state index contributed by atoms with van der Waals surface area (Å²) in [5, 5.41) is 12.5. The SMILES string of the molecule is COCCCN1C(=O)C(=O)/C(=C(/O)c2cccc(Cl)c2)C1c1c(C)[nH]c2ccccc12. The molecule has 2 N–H and O–H groups in total. The first-order valence-corrected chi connectivity index (χ1v) is 10.4. The number of aromatic nitrogens is 1. The molecule has 7 heteroatoms. The highest BCUT2D eigenvalue weighted by atomic mass is 35.5. The molecule has 2 aromatic carbocycles. The van der Waals surface area contributed by atoms with Crippen LogP contribution in [0.25, 0.3) is 16.7 Å². The van der Waals surface area contributed by atoms with Crippen molar-refractivity contribution < 1.29 is 19.4 Å². The zero-order valence-electron chi connectivity index (χ0n) is 17.3. The largest absolute Gasteiger partial charge is 0.507 e. The van der Waals surface area contributed by atoms with Crippen LogP contribution in [0.1, 0.15) is 29.3 Å². The van der Waals surface area contributed by atoms with E-state index in [4.69, 9.17) is 16.3 Å². The number of benzene rings is 2. The van der Waals surface area contributed by atoms with Gasteiger partial charge in [-0.15, -0.1) is 0 Å². The number of rotatable bonds is 6. The third-order valence-electron chi connectivity index (χ3n) is 5.60. The Balaban J connectivity index is 1.94. The Bertz CT molecular complexity index is 1200. The van der Waals surface area contributed by atoms with E-state index in [0.717, 1.165) is 22.2 Å². The van der Waals surface area contributed by atoms with Crippen LogP contribution in [0.3, 0.4) is 0 Å². The van der Waals surface area contributed by atoms with Crippen molar-refractivity contribution in [2.75, 3.05) is 20.3 Å². The number of H-pyrrole nitrogens is 1. The van der Waals surface area contributed by atoms with E-state index in [0.29, 0.717) is 30.2 Å². The van der Waals surface area contributed by atoms with E-state index in [1.54, 1.807) is 31.4 Å². The molecule has 0 aliphatic carbocycles. The molecule has 1 saturated heterocycles. The Labute approximate surface area is 185 Å². The maximum Gasteiger partial charge on any atom is 0.295 e. The Kier molecular flexibility index (Phi) is 5.85. The van der Waals surface area contributed by atoms with Crippen LogP contribution in [0, 0.1) is 6.92 Å². The minimum Gasteiger partial charge on any atom is -0.507 e. The third-order valence-corrected chi connectivity index (χ3v) is 5.84. The second-order valence-corrected chi connectivity index (χ2v) is 7.99. The fourth-order valence-electron chi connectivity index (χ4n) is 4.23. The predicted octanol–water partition coefficient (Wildman–Crippen LogP) is 4.59. The van der Waals surface area contributed by atoms with Gasteiger partial charge in [0.05, 0.1) is 11.6 Å². The van der Waals surface area contributed by atoms with E-state index >= 15 is 0 Å². The van der Waals surface area contributed by atoms with Crippen molar-refractivity contribution in [3.05, 3.63) is 75.9 Å². The molecular weight excluding hydrogens is 416 g/mol. The molecular formula is C24H23ClN2O4. The molecule has 1 aromatic heterocycles. The average Bonchev–Trinajstić information content (AvgIpc) is 3.21. The highest BCUT2D eigenvalue weighted by molar-refractivity contribution is 6.46. The van der Waals surface area contributed by atoms with E-state index in [1.807, 2.05) is 31.2 Å². The summed E-state index contributed by atoms with van der Waals surface area (Å²) in [6.45, 7) is 2.69. The van der Waals surface area contributed by atoms with E-state index in [-0.39, 0.29) is 11.3 Å². The molecule has 1 amide bonds. The number of fused-ring (bicyclic) bond motifs is 1. The molecule has 31 heavy (non-hydrogen) atoms. The van der Waals surface area contributed by atoms with Gasteiger partial charge in [0.15, 0.2) is 0 Å². The van der Waals surface area contributed by atoms with E-state index in [1.165, 1.54) is 4.90 Å². The minimum absolute atomic E-state index is 0.0672. The molecule has 4 rings (SSSR count). The Morgan fingerprint density at radius 1 is 1.19 bits per heavy atom. The second-order valence-electron chi connectivity index (χ2n) is 7.56. The summed E-state index contributed by atoms with van der Waals surface area (Å²) >= 11 is 6.10. The number of aromatic amines is 1. The quantitative estimate of drug-likeness (QED) is 0.255. The number of para-hydroxylation sites is 1. The number of amides is 1. The number of carbonyl (C=O) groups is 2. The summed E-state index contributed by atoms with van der Waals surface area (Å²) in [5.41, 5.74) is 3.00. The van der Waals surface area contributed by atoms with Crippen LogP contribution in [-0.2, 0) is 14.3 Å². The van der Waals surface area contributed by atoms with Gasteiger partial charge in [0.25, 0.3) is 11.7 Å². The van der Waals surface area contributed by atoms with Gasteiger partial charge in [-0.3, -0.25) is 9.59 Å². The van der Waals surface area contributed by atoms with Gasteiger partial charge < -0.3 is 19.7 Å². The first kappa shape index (κ1) is 21.2. The molecule has 160 valence electrons. The molecule has 0 spiro atoms. The van der Waals surface area contributed by atoms with Crippen molar-refractivity contribution in [3.63, 3.8) is 0 Å². The third kappa shape index (κ3) is 3.73. The lowest BCUT2D eigenvalue weighted by molar-refractivity contribution is -0.140. The standard InChI is InChI=1S/C24H23ClN2O4/c1-14-19(17-9-3-4-10-18(17)26-14)21-20(22(28)15-7-5-8-16(25)13-15)23(29)24(30)27(21)11-6-12-31-2/h3-5,7-10,13,21,26,28H,6,11-12H2,1-2H3/b22-20+. The lowest BCUT2D eigenvalue weighted by Gasteiger charge is -2.25. The number of likely N-dealkylation sites (tertiary alicyclic amines) is 1. The molecule has 0 bridgehead atoms. The van der Waals surface area contributed by atoms with Crippen LogP contribution in [-0.4, -0.2) is 46.9 Å². The number of hydrogen-bond acceptors (Lipinski definition) is 4. The van der Waals surface area contributed by atoms with Gasteiger partial charge in [-0.05, 0) is 31.5 Å². The number of nitrogens with one attached hydrogen (secondary N) is 1. The summed E-state index contributed by atoms with van der Waals surface area (Å²) < 4.78 is 5.14. The lowest BCUT2D eigenvalue weighted by atomic mass is 9.93. The first-order valence-electron chi connectivity index (χ1n) is 10.0. The fraction of sp³-hybridized carbons (Fsp3) is 0.250. The normalized spacial score (nSPS) is 18.3. The molecule has 3 aromatic rings. The zero-order chi connectivity index (χ0) is 22.1. The molecule has 1 aliphatic heterocycles. The number of carbonyl (C=O) groups excluding carboxylic acids is 2. The number of aliphatic hydroxyl groups is 1. The first-order chi connectivity index (χ1) is 14.9. The van der Waals surface area contributed by atoms with Crippen molar-refractivity contribution in [3.8, 4) is 0 Å². The summed E-state index contributed by atoms with van der Waals surface area (Å²) in [7, 11) is 1.59. The number of nitrogens with zero attached hydrogens (tertiary/aromatic N) is 1. The maximum absolute atomic E-state index is 13.1. The molecule has 0 radical (unpaired) electrons. The lowest BCUT2D eigenvalue weighted by Crippen LogP contribution is -2.31. The number of aryl methyl sites for hydroxylation is 1. The van der Waals surface area contributed by atoms with Crippen LogP contribution in [0.2, 0.25) is 5.02 Å². The molecule has 1 fully saturated rings. The van der Waals surface area contributed by atoms with Crippen LogP contribution in [0.4, 0.5) is 0 Å². The Hall–Kier alpha value is -3.09. The number of Topliss-reactive ketones (excluding diaryl/α,β-unsaturated/α-hetero) is 1. The predicted molar refractivity (Wildman–Crippen MR) is 120 cm³/mol. The number of aliphatic hydroxyl groups excluding tert-OH is 1. The summed E-state index contributed by atoms with van der Waals surface area (Å²) in [4.78, 5) is 31.0. The smallest absolute Gasteiger partial charge is 0.295 e. The van der Waals surface area contributed by atoms with Crippen LogP contribution in [0.15, 0.2) is 54.1 Å². The topological polar surface area (TPSA) is 82.6 Å². The molecule has 6 nitrogen and oxygen atoms in total. The minimum atomic E-state index is -0.716. The van der Waals surface area contributed by atoms with Crippen LogP contribution in [0.5, 0.6) is 0 Å². The summed E-state index contributed by atoms with van der Waals surface area (Å²) in [6, 6.07) is 13.6. The van der Waals surface area contributed by atoms with Crippen molar-refractivity contribution in [2.24, 2.45) is 0 Å². The Morgan fingerprint density at radius 3 is 2.71 bits per heavy atom. The zero-order valence-corrected chi connectivity index (χ0v) is 18.1.